The molecular formula is C14H19BrN4O. The number of methoxy groups -OCH3 is 1. The first kappa shape index (κ1) is 15.0. The first-order valence-electron chi connectivity index (χ1n) is 6.43. The summed E-state index contributed by atoms with van der Waals surface area (Å²) in [6, 6.07) is 6.03. The third-order valence-electron chi connectivity index (χ3n) is 3.20. The second-order valence-corrected chi connectivity index (χ2v) is 5.49. The third-order valence-corrected chi connectivity index (χ3v) is 3.66. The Kier molecular flexibility index (Phi) is 4.80. The Bertz CT molecular complexity index is 555. The van der Waals surface area contributed by atoms with Gasteiger partial charge < -0.3 is 4.74 Å². The number of rotatable bonds is 5. The standard InChI is InChI=1S/C14H19BrN4O/c1-4-19-14(12(20-3)8-17-19)13(18-16)10-5-9(2)6-11(15)7-10/h5-8,13,18H,4,16H2,1-3H3. The van der Waals surface area contributed by atoms with Crippen LogP contribution < -0.4 is 16.0 Å². The lowest BCUT2D eigenvalue weighted by Crippen LogP contribution is -2.31. The maximum Gasteiger partial charge on any atom is 0.161 e. The molecule has 0 spiro atoms. The van der Waals surface area contributed by atoms with Crippen LogP contribution in [0, 0.1) is 6.92 Å². The van der Waals surface area contributed by atoms with E-state index in [2.05, 4.69) is 45.5 Å². The summed E-state index contributed by atoms with van der Waals surface area (Å²) >= 11 is 3.52. The van der Waals surface area contributed by atoms with E-state index in [0.717, 1.165) is 33.6 Å². The Morgan fingerprint density at radius 1 is 1.45 bits per heavy atom. The van der Waals surface area contributed by atoms with Gasteiger partial charge in [0.15, 0.2) is 5.75 Å². The number of nitrogens with zero attached hydrogens (tertiary/aromatic N) is 2. The van der Waals surface area contributed by atoms with E-state index in [0.29, 0.717) is 0 Å². The van der Waals surface area contributed by atoms with Gasteiger partial charge >= 0.3 is 0 Å². The lowest BCUT2D eigenvalue weighted by atomic mass is 10.0. The number of ether oxygens (including phenoxy) is 1. The molecule has 0 aliphatic rings. The van der Waals surface area contributed by atoms with Crippen LogP contribution in [0.5, 0.6) is 5.75 Å². The Morgan fingerprint density at radius 2 is 2.20 bits per heavy atom. The van der Waals surface area contributed by atoms with Crippen molar-refractivity contribution in [1.29, 1.82) is 0 Å². The number of halogens is 1. The molecule has 20 heavy (non-hydrogen) atoms. The van der Waals surface area contributed by atoms with E-state index in [-0.39, 0.29) is 6.04 Å². The molecule has 1 atom stereocenters. The largest absolute Gasteiger partial charge is 0.493 e. The number of aromatic nitrogens is 2. The molecule has 0 aliphatic carbocycles. The quantitative estimate of drug-likeness (QED) is 0.649. The van der Waals surface area contributed by atoms with Gasteiger partial charge in [-0.1, -0.05) is 22.0 Å². The predicted octanol–water partition coefficient (Wildman–Crippen LogP) is 2.54. The Balaban J connectivity index is 2.54. The molecule has 5 nitrogen and oxygen atoms in total. The van der Waals surface area contributed by atoms with Gasteiger partial charge in [0.2, 0.25) is 0 Å². The smallest absolute Gasteiger partial charge is 0.161 e. The molecule has 2 aromatic rings. The van der Waals surface area contributed by atoms with Crippen molar-refractivity contribution in [3.8, 4) is 5.75 Å². The fourth-order valence-electron chi connectivity index (χ4n) is 2.34. The minimum Gasteiger partial charge on any atom is -0.493 e. The normalized spacial score (nSPS) is 12.4. The highest BCUT2D eigenvalue weighted by Crippen LogP contribution is 2.31. The Hall–Kier alpha value is -1.37. The zero-order chi connectivity index (χ0) is 14.7. The molecule has 108 valence electrons. The van der Waals surface area contributed by atoms with Crippen LogP contribution in [0.15, 0.2) is 28.9 Å². The van der Waals surface area contributed by atoms with E-state index < -0.39 is 0 Å². The third kappa shape index (κ3) is 2.87. The predicted molar refractivity (Wildman–Crippen MR) is 82.5 cm³/mol. The van der Waals surface area contributed by atoms with Crippen LogP contribution in [0.2, 0.25) is 0 Å². The van der Waals surface area contributed by atoms with Gasteiger partial charge in [0.1, 0.15) is 5.69 Å². The summed E-state index contributed by atoms with van der Waals surface area (Å²) in [6.07, 6.45) is 1.72. The summed E-state index contributed by atoms with van der Waals surface area (Å²) in [5.41, 5.74) is 6.01. The highest BCUT2D eigenvalue weighted by Gasteiger charge is 2.22. The van der Waals surface area contributed by atoms with Crippen LogP contribution in [0.1, 0.15) is 29.8 Å². The van der Waals surface area contributed by atoms with Gasteiger partial charge in [-0.05, 0) is 37.1 Å². The van der Waals surface area contributed by atoms with Crippen molar-refractivity contribution in [2.24, 2.45) is 5.84 Å². The van der Waals surface area contributed by atoms with E-state index in [1.54, 1.807) is 13.3 Å². The van der Waals surface area contributed by atoms with Crippen LogP contribution in [0.4, 0.5) is 0 Å². The van der Waals surface area contributed by atoms with Gasteiger partial charge in [0.05, 0.1) is 19.3 Å². The molecule has 0 bridgehead atoms. The second-order valence-electron chi connectivity index (χ2n) is 4.58. The molecule has 0 fully saturated rings. The highest BCUT2D eigenvalue weighted by molar-refractivity contribution is 9.10. The first-order chi connectivity index (χ1) is 9.60. The minimum atomic E-state index is -0.177. The Labute approximate surface area is 127 Å². The van der Waals surface area contributed by atoms with Gasteiger partial charge in [0, 0.05) is 11.0 Å². The van der Waals surface area contributed by atoms with Gasteiger partial charge in [0.25, 0.3) is 0 Å². The number of hydrogen-bond acceptors (Lipinski definition) is 4. The van der Waals surface area contributed by atoms with Gasteiger partial charge in [-0.2, -0.15) is 5.10 Å². The molecule has 1 heterocycles. The van der Waals surface area contributed by atoms with Crippen LogP contribution in [-0.2, 0) is 6.54 Å². The zero-order valence-corrected chi connectivity index (χ0v) is 13.4. The summed E-state index contributed by atoms with van der Waals surface area (Å²) < 4.78 is 8.31. The van der Waals surface area contributed by atoms with Crippen LogP contribution in [0.3, 0.4) is 0 Å². The van der Waals surface area contributed by atoms with E-state index in [4.69, 9.17) is 10.6 Å². The number of benzene rings is 1. The monoisotopic (exact) mass is 338 g/mol. The number of hydrazine groups is 1. The first-order valence-corrected chi connectivity index (χ1v) is 7.22. The maximum absolute atomic E-state index is 5.78. The summed E-state index contributed by atoms with van der Waals surface area (Å²) in [6.45, 7) is 4.84. The van der Waals surface area contributed by atoms with Crippen molar-refractivity contribution in [3.05, 3.63) is 45.7 Å². The number of nitrogens with two attached hydrogens (primary N) is 1. The molecule has 1 aromatic carbocycles. The van der Waals surface area contributed by atoms with E-state index in [9.17, 15) is 0 Å². The van der Waals surface area contributed by atoms with Crippen molar-refractivity contribution in [3.63, 3.8) is 0 Å². The van der Waals surface area contributed by atoms with Gasteiger partial charge in [-0.3, -0.25) is 10.5 Å². The fourth-order valence-corrected chi connectivity index (χ4v) is 2.97. The van der Waals surface area contributed by atoms with Gasteiger partial charge in [-0.25, -0.2) is 5.43 Å². The lowest BCUT2D eigenvalue weighted by molar-refractivity contribution is 0.399. The summed E-state index contributed by atoms with van der Waals surface area (Å²) in [7, 11) is 1.64. The van der Waals surface area contributed by atoms with E-state index >= 15 is 0 Å². The molecule has 3 N–H and O–H groups in total. The number of aryl methyl sites for hydroxylation is 2. The number of nitrogens with one attached hydrogen (secondary N) is 1. The topological polar surface area (TPSA) is 65.1 Å². The molecule has 0 radical (unpaired) electrons. The Morgan fingerprint density at radius 3 is 2.75 bits per heavy atom. The SMILES string of the molecule is CCn1ncc(OC)c1C(NN)c1cc(C)cc(Br)c1. The van der Waals surface area contributed by atoms with Gasteiger partial charge in [-0.15, -0.1) is 0 Å². The lowest BCUT2D eigenvalue weighted by Gasteiger charge is -2.20. The average Bonchev–Trinajstić information content (AvgIpc) is 2.81. The van der Waals surface area contributed by atoms with Crippen molar-refractivity contribution in [1.82, 2.24) is 15.2 Å². The van der Waals surface area contributed by atoms with Crippen molar-refractivity contribution < 1.29 is 4.74 Å². The molecule has 0 saturated carbocycles. The fraction of sp³-hybridized carbons (Fsp3) is 0.357. The summed E-state index contributed by atoms with van der Waals surface area (Å²) in [5, 5.41) is 4.33. The number of hydrogen-bond donors (Lipinski definition) is 2. The van der Waals surface area contributed by atoms with Crippen molar-refractivity contribution in [2.45, 2.75) is 26.4 Å². The van der Waals surface area contributed by atoms with Crippen LogP contribution in [-0.4, -0.2) is 16.9 Å². The molecule has 2 rings (SSSR count). The highest BCUT2D eigenvalue weighted by atomic mass is 79.9. The minimum absolute atomic E-state index is 0.177. The van der Waals surface area contributed by atoms with E-state index in [1.807, 2.05) is 17.7 Å². The molecule has 0 amide bonds. The summed E-state index contributed by atoms with van der Waals surface area (Å²) in [4.78, 5) is 0. The average molecular weight is 339 g/mol. The maximum atomic E-state index is 5.78. The molecule has 0 aliphatic heterocycles. The zero-order valence-electron chi connectivity index (χ0n) is 11.9. The van der Waals surface area contributed by atoms with Crippen molar-refractivity contribution in [2.75, 3.05) is 7.11 Å². The molecule has 1 aromatic heterocycles. The van der Waals surface area contributed by atoms with Crippen LogP contribution >= 0.6 is 15.9 Å². The van der Waals surface area contributed by atoms with Crippen molar-refractivity contribution >= 4 is 15.9 Å². The molecule has 0 saturated heterocycles. The molecule has 1 unspecified atom stereocenters. The molecular weight excluding hydrogens is 320 g/mol. The molecule has 6 heteroatoms. The van der Waals surface area contributed by atoms with E-state index in [1.165, 1.54) is 0 Å². The summed E-state index contributed by atoms with van der Waals surface area (Å²) in [5.74, 6) is 6.51. The second kappa shape index (κ2) is 6.39. The van der Waals surface area contributed by atoms with Crippen LogP contribution in [0.25, 0.3) is 0 Å².